The molecule has 0 bridgehead atoms. The molecule has 6 nitrogen and oxygen atoms in total. The van der Waals surface area contributed by atoms with E-state index >= 15 is 0 Å². The van der Waals surface area contributed by atoms with Crippen LogP contribution in [0.5, 0.6) is 0 Å². The van der Waals surface area contributed by atoms with Crippen LogP contribution in [0, 0.1) is 12.3 Å². The zero-order valence-electron chi connectivity index (χ0n) is 17.1. The van der Waals surface area contributed by atoms with Crippen LogP contribution in [0.3, 0.4) is 0 Å². The van der Waals surface area contributed by atoms with Gasteiger partial charge in [-0.3, -0.25) is 4.68 Å². The summed E-state index contributed by atoms with van der Waals surface area (Å²) >= 11 is 0. The Kier molecular flexibility index (Phi) is 5.44. The number of carbonyl (C=O) groups is 1. The monoisotopic (exact) mass is 369 g/mol. The summed E-state index contributed by atoms with van der Waals surface area (Å²) in [5.41, 5.74) is 3.44. The molecule has 2 aromatic rings. The Morgan fingerprint density at radius 3 is 2.37 bits per heavy atom. The second-order valence-corrected chi connectivity index (χ2v) is 8.45. The van der Waals surface area contributed by atoms with Crippen LogP contribution in [-0.4, -0.2) is 46.9 Å². The van der Waals surface area contributed by atoms with E-state index in [0.29, 0.717) is 13.1 Å². The molecule has 0 radical (unpaired) electrons. The van der Waals surface area contributed by atoms with Crippen molar-refractivity contribution >= 4 is 11.7 Å². The Hall–Kier alpha value is -2.50. The van der Waals surface area contributed by atoms with Gasteiger partial charge < -0.3 is 15.1 Å². The van der Waals surface area contributed by atoms with E-state index in [1.807, 2.05) is 41.2 Å². The Bertz CT molecular complexity index is 784. The Morgan fingerprint density at radius 1 is 1.15 bits per heavy atom. The molecule has 1 atom stereocenters. The van der Waals surface area contributed by atoms with Gasteiger partial charge in [0.1, 0.15) is 0 Å². The molecule has 1 saturated heterocycles. The largest absolute Gasteiger partial charge is 0.365 e. The van der Waals surface area contributed by atoms with Crippen LogP contribution < -0.4 is 10.2 Å². The lowest BCUT2D eigenvalue weighted by atomic mass is 9.81. The van der Waals surface area contributed by atoms with Gasteiger partial charge in [-0.2, -0.15) is 5.10 Å². The lowest BCUT2D eigenvalue weighted by Crippen LogP contribution is -2.53. The first-order valence-electron chi connectivity index (χ1n) is 9.60. The fraction of sp³-hybridized carbons (Fsp3) is 0.524. The smallest absolute Gasteiger partial charge is 0.318 e. The summed E-state index contributed by atoms with van der Waals surface area (Å²) < 4.78 is 1.81. The van der Waals surface area contributed by atoms with Gasteiger partial charge in [0.05, 0.1) is 17.9 Å². The molecule has 1 aliphatic rings. The number of nitrogens with zero attached hydrogens (tertiary/aromatic N) is 4. The molecule has 0 saturated carbocycles. The first kappa shape index (κ1) is 19.3. The van der Waals surface area contributed by atoms with Crippen LogP contribution in [0.15, 0.2) is 36.7 Å². The van der Waals surface area contributed by atoms with E-state index < -0.39 is 0 Å². The van der Waals surface area contributed by atoms with Gasteiger partial charge in [0, 0.05) is 39.4 Å². The number of rotatable bonds is 3. The molecule has 3 rings (SSSR count). The molecular weight excluding hydrogens is 338 g/mol. The second-order valence-electron chi connectivity index (χ2n) is 8.45. The summed E-state index contributed by atoms with van der Waals surface area (Å²) in [5, 5.41) is 7.53. The van der Waals surface area contributed by atoms with Crippen LogP contribution >= 0.6 is 0 Å². The SMILES string of the molecule is Cc1ccccc1[C@H](NC(=O)N1CCN(c2cnn(C)c2)CC1)C(C)(C)C. The summed E-state index contributed by atoms with van der Waals surface area (Å²) in [4.78, 5) is 17.2. The number of benzene rings is 1. The summed E-state index contributed by atoms with van der Waals surface area (Å²) in [6, 6.07) is 8.29. The zero-order chi connectivity index (χ0) is 19.6. The predicted molar refractivity (Wildman–Crippen MR) is 109 cm³/mol. The van der Waals surface area contributed by atoms with Crippen LogP contribution in [0.1, 0.15) is 37.9 Å². The van der Waals surface area contributed by atoms with Crippen molar-refractivity contribution in [3.05, 3.63) is 47.8 Å². The Balaban J connectivity index is 1.66. The molecule has 1 N–H and O–H groups in total. The topological polar surface area (TPSA) is 53.4 Å². The normalized spacial score (nSPS) is 16.3. The van der Waals surface area contributed by atoms with Crippen molar-refractivity contribution in [3.8, 4) is 0 Å². The highest BCUT2D eigenvalue weighted by molar-refractivity contribution is 5.75. The maximum Gasteiger partial charge on any atom is 0.318 e. The highest BCUT2D eigenvalue weighted by Crippen LogP contribution is 2.34. The molecule has 1 aliphatic heterocycles. The van der Waals surface area contributed by atoms with Crippen molar-refractivity contribution in [2.24, 2.45) is 12.5 Å². The quantitative estimate of drug-likeness (QED) is 0.903. The zero-order valence-corrected chi connectivity index (χ0v) is 17.1. The molecular formula is C21H31N5O. The van der Waals surface area contributed by atoms with Gasteiger partial charge >= 0.3 is 6.03 Å². The lowest BCUT2D eigenvalue weighted by Gasteiger charge is -2.38. The van der Waals surface area contributed by atoms with Gasteiger partial charge in [-0.05, 0) is 23.5 Å². The van der Waals surface area contributed by atoms with Gasteiger partial charge in [-0.1, -0.05) is 45.0 Å². The van der Waals surface area contributed by atoms with E-state index in [0.717, 1.165) is 18.8 Å². The van der Waals surface area contributed by atoms with Gasteiger partial charge in [-0.15, -0.1) is 0 Å². The third-order valence-corrected chi connectivity index (χ3v) is 5.26. The van der Waals surface area contributed by atoms with Crippen molar-refractivity contribution in [1.82, 2.24) is 20.0 Å². The maximum atomic E-state index is 13.0. The standard InChI is InChI=1S/C21H31N5O/c1-16-8-6-7-9-18(16)19(21(2,3)4)23-20(27)26-12-10-25(11-13-26)17-14-22-24(5)15-17/h6-9,14-15,19H,10-13H2,1-5H3,(H,23,27)/t19-/m0/s1. The van der Waals surface area contributed by atoms with Crippen LogP contribution in [0.25, 0.3) is 0 Å². The fourth-order valence-corrected chi connectivity index (χ4v) is 3.63. The third-order valence-electron chi connectivity index (χ3n) is 5.26. The predicted octanol–water partition coefficient (Wildman–Crippen LogP) is 3.35. The second kappa shape index (κ2) is 7.62. The number of aromatic nitrogens is 2. The minimum Gasteiger partial charge on any atom is -0.365 e. The number of carbonyl (C=O) groups excluding carboxylic acids is 1. The number of piperazine rings is 1. The summed E-state index contributed by atoms with van der Waals surface area (Å²) in [6.45, 7) is 11.7. The number of nitrogens with one attached hydrogen (secondary N) is 1. The van der Waals surface area contributed by atoms with Gasteiger partial charge in [0.25, 0.3) is 0 Å². The average Bonchev–Trinajstić information content (AvgIpc) is 3.06. The average molecular weight is 370 g/mol. The Labute approximate surface area is 162 Å². The molecule has 6 heteroatoms. The van der Waals surface area contributed by atoms with Crippen LogP contribution in [0.2, 0.25) is 0 Å². The highest BCUT2D eigenvalue weighted by atomic mass is 16.2. The molecule has 2 heterocycles. The van der Waals surface area contributed by atoms with Crippen molar-refractivity contribution < 1.29 is 4.79 Å². The van der Waals surface area contributed by atoms with Crippen LogP contribution in [0.4, 0.5) is 10.5 Å². The summed E-state index contributed by atoms with van der Waals surface area (Å²) in [7, 11) is 1.92. The molecule has 0 aliphatic carbocycles. The highest BCUT2D eigenvalue weighted by Gasteiger charge is 2.31. The van der Waals surface area contributed by atoms with E-state index in [9.17, 15) is 4.79 Å². The van der Waals surface area contributed by atoms with Crippen molar-refractivity contribution in [2.45, 2.75) is 33.7 Å². The van der Waals surface area contributed by atoms with Gasteiger partial charge in [0.15, 0.2) is 0 Å². The number of hydrogen-bond donors (Lipinski definition) is 1. The third kappa shape index (κ3) is 4.43. The van der Waals surface area contributed by atoms with E-state index in [-0.39, 0.29) is 17.5 Å². The number of urea groups is 1. The first-order chi connectivity index (χ1) is 12.8. The lowest BCUT2D eigenvalue weighted by molar-refractivity contribution is 0.176. The molecule has 1 fully saturated rings. The van der Waals surface area contributed by atoms with E-state index in [4.69, 9.17) is 0 Å². The number of amides is 2. The van der Waals surface area contributed by atoms with E-state index in [2.05, 4.69) is 55.1 Å². The van der Waals surface area contributed by atoms with Crippen molar-refractivity contribution in [2.75, 3.05) is 31.1 Å². The van der Waals surface area contributed by atoms with Crippen LogP contribution in [-0.2, 0) is 7.05 Å². The molecule has 0 spiro atoms. The molecule has 146 valence electrons. The number of hydrogen-bond acceptors (Lipinski definition) is 3. The molecule has 1 aromatic heterocycles. The Morgan fingerprint density at radius 2 is 1.81 bits per heavy atom. The molecule has 2 amide bonds. The molecule has 27 heavy (non-hydrogen) atoms. The first-order valence-corrected chi connectivity index (χ1v) is 9.60. The minimum absolute atomic E-state index is 0.0176. The minimum atomic E-state index is -0.0701. The molecule has 1 aromatic carbocycles. The van der Waals surface area contributed by atoms with Gasteiger partial charge in [-0.25, -0.2) is 4.79 Å². The summed E-state index contributed by atoms with van der Waals surface area (Å²) in [6.07, 6.45) is 3.90. The number of anilines is 1. The number of aryl methyl sites for hydroxylation is 2. The molecule has 0 unspecified atom stereocenters. The van der Waals surface area contributed by atoms with Gasteiger partial charge in [0.2, 0.25) is 0 Å². The summed E-state index contributed by atoms with van der Waals surface area (Å²) in [5.74, 6) is 0. The maximum absolute atomic E-state index is 13.0. The van der Waals surface area contributed by atoms with E-state index in [1.54, 1.807) is 0 Å². The van der Waals surface area contributed by atoms with E-state index in [1.165, 1.54) is 11.1 Å². The van der Waals surface area contributed by atoms with Crippen molar-refractivity contribution in [3.63, 3.8) is 0 Å². The van der Waals surface area contributed by atoms with Crippen molar-refractivity contribution in [1.29, 1.82) is 0 Å². The fourth-order valence-electron chi connectivity index (χ4n) is 3.63.